The molecule has 0 N–H and O–H groups in total. The summed E-state index contributed by atoms with van der Waals surface area (Å²) < 4.78 is 10.3. The van der Waals surface area contributed by atoms with Crippen LogP contribution in [0.2, 0.25) is 0 Å². The summed E-state index contributed by atoms with van der Waals surface area (Å²) in [4.78, 5) is 7.76. The van der Waals surface area contributed by atoms with Gasteiger partial charge in [-0.2, -0.15) is 0 Å². The van der Waals surface area contributed by atoms with E-state index in [1.165, 1.54) is 71.4 Å². The van der Waals surface area contributed by atoms with Crippen molar-refractivity contribution in [2.75, 3.05) is 14.7 Å². The van der Waals surface area contributed by atoms with E-state index >= 15 is 0 Å². The summed E-state index contributed by atoms with van der Waals surface area (Å²) in [6.07, 6.45) is 0. The zero-order chi connectivity index (χ0) is 62.4. The zero-order valence-corrected chi connectivity index (χ0v) is 53.1. The first-order valence-electron chi connectivity index (χ1n) is 32.7. The van der Waals surface area contributed by atoms with Crippen LogP contribution in [0.1, 0.15) is 52.7 Å². The number of nitrogens with zero attached hydrogens (tertiary/aromatic N) is 4. The highest BCUT2D eigenvalue weighted by Crippen LogP contribution is 2.52. The van der Waals surface area contributed by atoms with Gasteiger partial charge < -0.3 is 24.0 Å². The molecule has 5 heterocycles. The first-order chi connectivity index (χ1) is 45.4. The molecule has 7 heteroatoms. The number of anilines is 9. The molecule has 0 saturated carbocycles. The van der Waals surface area contributed by atoms with Crippen molar-refractivity contribution >= 4 is 119 Å². The van der Waals surface area contributed by atoms with E-state index < -0.39 is 0 Å². The van der Waals surface area contributed by atoms with Gasteiger partial charge in [0.05, 0.1) is 28.1 Å². The Hall–Kier alpha value is -11.0. The van der Waals surface area contributed by atoms with E-state index in [0.29, 0.717) is 0 Å². The predicted octanol–water partition coefficient (Wildman–Crippen LogP) is 18.9. The molecule has 0 atom stereocenters. The standard InChI is InChI=1S/C86H66B2N4O/c1-85(2,3)58-48-78-83-79(49-58)92(72-42-24-18-36-63(72)57-32-14-9-15-33-57)77-54-81-69(88-66-39-21-27-45-75(66)90(70-40-22-16-34-61(70)55-28-10-7-11-29-55)80-50-59(86(4,5)6)51-82(93-81)84(80)88)53-68(77)87(83)67-47-46-60(89-73-43-25-19-37-64(73)65-38-20-26-44-74(65)89)52-76(67)91(78)71-41-23-17-35-62(71)56-30-12-8-13-31-56/h7-54H,1-6H3. The predicted molar refractivity (Wildman–Crippen MR) is 394 cm³/mol. The number of rotatable bonds is 7. The number of hydrogen-bond donors (Lipinski definition) is 0. The average Bonchev–Trinajstić information content (AvgIpc) is 1.07. The Morgan fingerprint density at radius 2 is 0.677 bits per heavy atom. The molecule has 442 valence electrons. The summed E-state index contributed by atoms with van der Waals surface area (Å²) >= 11 is 0. The second-order valence-electron chi connectivity index (χ2n) is 27.6. The number of ether oxygens (including phenoxy) is 1. The molecular formula is C86H66B2N4O. The molecule has 0 radical (unpaired) electrons. The lowest BCUT2D eigenvalue weighted by Crippen LogP contribution is -2.64. The summed E-state index contributed by atoms with van der Waals surface area (Å²) in [5.41, 5.74) is 29.9. The third-order valence-corrected chi connectivity index (χ3v) is 20.1. The Balaban J connectivity index is 0.955. The van der Waals surface area contributed by atoms with Crippen LogP contribution in [0, 0.1) is 0 Å². The molecular weight excluding hydrogens is 1130 g/mol. The normalized spacial score (nSPS) is 13.5. The molecule has 14 aromatic rings. The van der Waals surface area contributed by atoms with E-state index in [4.69, 9.17) is 4.74 Å². The summed E-state index contributed by atoms with van der Waals surface area (Å²) in [7, 11) is 0. The summed E-state index contributed by atoms with van der Waals surface area (Å²) in [5, 5.41) is 2.47. The monoisotopic (exact) mass is 1190 g/mol. The molecule has 4 aliphatic rings. The van der Waals surface area contributed by atoms with Crippen LogP contribution in [-0.2, 0) is 10.8 Å². The Labute approximate surface area is 545 Å². The molecule has 0 spiro atoms. The van der Waals surface area contributed by atoms with Gasteiger partial charge in [-0.25, -0.2) is 0 Å². The smallest absolute Gasteiger partial charge is 0.256 e. The summed E-state index contributed by atoms with van der Waals surface area (Å²) in [6.45, 7) is 13.7. The van der Waals surface area contributed by atoms with Crippen molar-refractivity contribution in [1.29, 1.82) is 0 Å². The van der Waals surface area contributed by atoms with E-state index in [0.717, 1.165) is 96.1 Å². The Morgan fingerprint density at radius 1 is 0.280 bits per heavy atom. The lowest BCUT2D eigenvalue weighted by molar-refractivity contribution is 0.483. The molecule has 1 aromatic heterocycles. The Morgan fingerprint density at radius 3 is 1.19 bits per heavy atom. The largest absolute Gasteiger partial charge is 0.458 e. The van der Waals surface area contributed by atoms with E-state index in [1.807, 2.05) is 0 Å². The topological polar surface area (TPSA) is 23.9 Å². The van der Waals surface area contributed by atoms with Crippen LogP contribution in [0.4, 0.5) is 51.2 Å². The molecule has 0 unspecified atom stereocenters. The highest BCUT2D eigenvalue weighted by molar-refractivity contribution is 7.02. The van der Waals surface area contributed by atoms with Gasteiger partial charge in [0.2, 0.25) is 0 Å². The van der Waals surface area contributed by atoms with Crippen molar-refractivity contribution in [2.45, 2.75) is 52.4 Å². The van der Waals surface area contributed by atoms with E-state index in [2.05, 4.69) is 352 Å². The van der Waals surface area contributed by atoms with Gasteiger partial charge in [-0.3, -0.25) is 0 Å². The number of para-hydroxylation sites is 6. The van der Waals surface area contributed by atoms with Crippen molar-refractivity contribution < 1.29 is 4.74 Å². The number of hydrogen-bond acceptors (Lipinski definition) is 4. The maximum absolute atomic E-state index is 7.77. The van der Waals surface area contributed by atoms with Crippen LogP contribution >= 0.6 is 0 Å². The van der Waals surface area contributed by atoms with E-state index in [9.17, 15) is 0 Å². The van der Waals surface area contributed by atoms with Crippen LogP contribution in [0.3, 0.4) is 0 Å². The minimum atomic E-state index is -0.253. The van der Waals surface area contributed by atoms with Gasteiger partial charge in [-0.15, -0.1) is 0 Å². The quantitative estimate of drug-likeness (QED) is 0.148. The van der Waals surface area contributed by atoms with Gasteiger partial charge in [0.15, 0.2) is 0 Å². The fourth-order valence-corrected chi connectivity index (χ4v) is 15.7. The van der Waals surface area contributed by atoms with Crippen LogP contribution < -0.4 is 52.2 Å². The number of benzene rings is 13. The SMILES string of the molecule is CC(C)(C)c1cc2c3c(c1)N(c1ccccc1-c1ccccc1)c1ccccc1B3c1cc3c(cc1O2)N(c1ccccc1-c1ccccc1)c1cc(C(C)(C)C)cc2c1B3c1ccc(-n3c4ccccc4c4ccccc43)cc1N2c1ccccc1-c1ccccc1. The lowest BCUT2D eigenvalue weighted by Gasteiger charge is -2.46. The molecule has 0 saturated heterocycles. The zero-order valence-electron chi connectivity index (χ0n) is 53.1. The molecule has 0 amide bonds. The first-order valence-corrected chi connectivity index (χ1v) is 32.7. The Kier molecular flexibility index (Phi) is 12.3. The van der Waals surface area contributed by atoms with Crippen molar-refractivity contribution in [3.8, 4) is 50.6 Å². The fourth-order valence-electron chi connectivity index (χ4n) is 15.7. The molecule has 5 nitrogen and oxygen atoms in total. The second-order valence-corrected chi connectivity index (χ2v) is 27.6. The molecule has 13 aromatic carbocycles. The highest BCUT2D eigenvalue weighted by atomic mass is 16.5. The molecule has 18 rings (SSSR count). The third kappa shape index (κ3) is 8.49. The summed E-state index contributed by atoms with van der Waals surface area (Å²) in [5.74, 6) is 1.76. The van der Waals surface area contributed by atoms with Crippen LogP contribution in [0.15, 0.2) is 291 Å². The van der Waals surface area contributed by atoms with Crippen molar-refractivity contribution in [1.82, 2.24) is 4.57 Å². The van der Waals surface area contributed by atoms with Crippen LogP contribution in [0.25, 0.3) is 60.9 Å². The number of aromatic nitrogens is 1. The molecule has 0 bridgehead atoms. The van der Waals surface area contributed by atoms with Gasteiger partial charge in [0, 0.05) is 73.3 Å². The highest BCUT2D eigenvalue weighted by Gasteiger charge is 2.49. The van der Waals surface area contributed by atoms with Gasteiger partial charge in [0.1, 0.15) is 11.5 Å². The fraction of sp³-hybridized carbons (Fsp3) is 0.0930. The maximum atomic E-state index is 7.77. The van der Waals surface area contributed by atoms with Gasteiger partial charge in [0.25, 0.3) is 13.4 Å². The van der Waals surface area contributed by atoms with Crippen molar-refractivity contribution in [3.05, 3.63) is 302 Å². The van der Waals surface area contributed by atoms with E-state index in [-0.39, 0.29) is 24.3 Å². The Bertz CT molecular complexity index is 5320. The maximum Gasteiger partial charge on any atom is 0.256 e. The molecule has 0 fully saturated rings. The van der Waals surface area contributed by atoms with E-state index in [1.54, 1.807) is 0 Å². The summed E-state index contributed by atoms with van der Waals surface area (Å²) in [6, 6.07) is 109. The van der Waals surface area contributed by atoms with Crippen LogP contribution in [-0.4, -0.2) is 18.0 Å². The number of fused-ring (bicyclic) bond motifs is 11. The first kappa shape index (κ1) is 54.9. The van der Waals surface area contributed by atoms with Crippen LogP contribution in [0.5, 0.6) is 11.5 Å². The van der Waals surface area contributed by atoms with Gasteiger partial charge >= 0.3 is 0 Å². The average molecular weight is 1190 g/mol. The minimum Gasteiger partial charge on any atom is -0.458 e. The van der Waals surface area contributed by atoms with Gasteiger partial charge in [-0.1, -0.05) is 254 Å². The lowest BCUT2D eigenvalue weighted by atomic mass is 9.30. The third-order valence-electron chi connectivity index (χ3n) is 20.1. The van der Waals surface area contributed by atoms with Crippen molar-refractivity contribution in [2.24, 2.45) is 0 Å². The van der Waals surface area contributed by atoms with Crippen molar-refractivity contribution in [3.63, 3.8) is 0 Å². The molecule has 93 heavy (non-hydrogen) atoms. The van der Waals surface area contributed by atoms with Gasteiger partial charge in [-0.05, 0) is 144 Å². The minimum absolute atomic E-state index is 0.168. The molecule has 4 aliphatic heterocycles. The molecule has 0 aliphatic carbocycles. The second kappa shape index (κ2) is 20.8.